The summed E-state index contributed by atoms with van der Waals surface area (Å²) < 4.78 is 34.8. The summed E-state index contributed by atoms with van der Waals surface area (Å²) in [6.07, 6.45) is 6.32. The summed E-state index contributed by atoms with van der Waals surface area (Å²) in [5.41, 5.74) is 2.12. The molecular weight excluding hydrogens is 434 g/mol. The fraction of sp³-hybridized carbons (Fsp3) is 0.368. The second-order valence-electron chi connectivity index (χ2n) is 7.01. The van der Waals surface area contributed by atoms with E-state index in [9.17, 15) is 13.2 Å². The number of benzene rings is 1. The first kappa shape index (κ1) is 18.4. The zero-order valence-corrected chi connectivity index (χ0v) is 17.1. The topological polar surface area (TPSA) is 85.9 Å². The van der Waals surface area contributed by atoms with Crippen molar-refractivity contribution >= 4 is 37.4 Å². The van der Waals surface area contributed by atoms with Crippen molar-refractivity contribution < 1.29 is 17.0 Å². The molecule has 0 N–H and O–H groups in total. The van der Waals surface area contributed by atoms with Crippen LogP contribution in [0, 0.1) is 0 Å². The summed E-state index contributed by atoms with van der Waals surface area (Å²) in [6, 6.07) is 7.14. The monoisotopic (exact) mass is 451 g/mol. The summed E-state index contributed by atoms with van der Waals surface area (Å²) in [6.45, 7) is 0. The maximum atomic E-state index is 12.3. The van der Waals surface area contributed by atoms with Crippen LogP contribution in [0.25, 0.3) is 0 Å². The molecular formula is C19H18BrNO5S. The molecule has 4 rings (SSSR count). The minimum atomic E-state index is -3.85. The highest BCUT2D eigenvalue weighted by Gasteiger charge is 2.46. The smallest absolute Gasteiger partial charge is 0.306 e. The van der Waals surface area contributed by atoms with Crippen molar-refractivity contribution in [3.63, 3.8) is 0 Å². The SMILES string of the molecule is CS(=O)(=O)Oc1c(CC23CCCCC2=Nc2ccc(Br)cc23)occc1=O. The van der Waals surface area contributed by atoms with Crippen LogP contribution < -0.4 is 9.61 Å². The average molecular weight is 452 g/mol. The zero-order chi connectivity index (χ0) is 19.2. The number of rotatable bonds is 4. The minimum Gasteiger partial charge on any atom is -0.465 e. The first-order valence-electron chi connectivity index (χ1n) is 8.67. The van der Waals surface area contributed by atoms with Gasteiger partial charge in [0.25, 0.3) is 0 Å². The maximum absolute atomic E-state index is 12.3. The van der Waals surface area contributed by atoms with Crippen LogP contribution >= 0.6 is 15.9 Å². The van der Waals surface area contributed by atoms with E-state index < -0.39 is 21.0 Å². The molecule has 1 fully saturated rings. The summed E-state index contributed by atoms with van der Waals surface area (Å²) in [5.74, 6) is -0.0295. The first-order valence-corrected chi connectivity index (χ1v) is 11.3. The zero-order valence-electron chi connectivity index (χ0n) is 14.7. The predicted octanol–water partition coefficient (Wildman–Crippen LogP) is 3.88. The summed E-state index contributed by atoms with van der Waals surface area (Å²) >= 11 is 3.53. The number of hydrogen-bond acceptors (Lipinski definition) is 6. The summed E-state index contributed by atoms with van der Waals surface area (Å²) in [7, 11) is -3.85. The van der Waals surface area contributed by atoms with Gasteiger partial charge in [0.2, 0.25) is 11.2 Å². The van der Waals surface area contributed by atoms with Crippen molar-refractivity contribution in [1.29, 1.82) is 0 Å². The number of nitrogens with zero attached hydrogens (tertiary/aromatic N) is 1. The van der Waals surface area contributed by atoms with Crippen LogP contribution in [0.3, 0.4) is 0 Å². The average Bonchev–Trinajstić information content (AvgIpc) is 2.91. The molecule has 0 amide bonds. The Labute approximate surface area is 165 Å². The lowest BCUT2D eigenvalue weighted by Crippen LogP contribution is -2.38. The first-order chi connectivity index (χ1) is 12.8. The van der Waals surface area contributed by atoms with Gasteiger partial charge in [-0.2, -0.15) is 8.42 Å². The molecule has 1 saturated carbocycles. The molecule has 27 heavy (non-hydrogen) atoms. The fourth-order valence-corrected chi connectivity index (χ4v) is 4.89. The van der Waals surface area contributed by atoms with E-state index in [0.717, 1.165) is 59.4 Å². The van der Waals surface area contributed by atoms with E-state index >= 15 is 0 Å². The molecule has 1 aromatic heterocycles. The third-order valence-electron chi connectivity index (χ3n) is 5.15. The van der Waals surface area contributed by atoms with Crippen molar-refractivity contribution in [3.05, 3.63) is 56.5 Å². The van der Waals surface area contributed by atoms with Crippen LogP contribution in [0.1, 0.15) is 37.0 Å². The lowest BCUT2D eigenvalue weighted by atomic mass is 9.66. The van der Waals surface area contributed by atoms with Crippen LogP contribution in [-0.4, -0.2) is 20.4 Å². The molecule has 6 nitrogen and oxygen atoms in total. The summed E-state index contributed by atoms with van der Waals surface area (Å²) in [5, 5.41) is 0. The quantitative estimate of drug-likeness (QED) is 0.658. The Morgan fingerprint density at radius 1 is 1.30 bits per heavy atom. The van der Waals surface area contributed by atoms with Gasteiger partial charge in [-0.25, -0.2) is 0 Å². The van der Waals surface area contributed by atoms with Gasteiger partial charge in [-0.3, -0.25) is 9.79 Å². The van der Waals surface area contributed by atoms with Crippen LogP contribution in [0.4, 0.5) is 5.69 Å². The number of hydrogen-bond donors (Lipinski definition) is 0. The van der Waals surface area contributed by atoms with Crippen molar-refractivity contribution in [3.8, 4) is 5.75 Å². The van der Waals surface area contributed by atoms with E-state index in [1.54, 1.807) is 0 Å². The Bertz CT molecular complexity index is 1110. The highest BCUT2D eigenvalue weighted by Crippen LogP contribution is 2.50. The molecule has 1 aliphatic carbocycles. The van der Waals surface area contributed by atoms with Crippen LogP contribution in [-0.2, 0) is 22.0 Å². The van der Waals surface area contributed by atoms with Gasteiger partial charge in [0.05, 0.1) is 18.2 Å². The van der Waals surface area contributed by atoms with E-state index in [0.29, 0.717) is 6.42 Å². The van der Waals surface area contributed by atoms with E-state index in [-0.39, 0.29) is 11.5 Å². The third-order valence-corrected chi connectivity index (χ3v) is 6.12. The number of fused-ring (bicyclic) bond motifs is 3. The Hall–Kier alpha value is -1.93. The molecule has 1 aliphatic heterocycles. The Morgan fingerprint density at radius 2 is 2.11 bits per heavy atom. The second-order valence-corrected chi connectivity index (χ2v) is 9.50. The van der Waals surface area contributed by atoms with E-state index in [2.05, 4.69) is 22.0 Å². The molecule has 0 radical (unpaired) electrons. The van der Waals surface area contributed by atoms with Gasteiger partial charge >= 0.3 is 10.1 Å². The number of halogens is 1. The molecule has 1 aromatic carbocycles. The lowest BCUT2D eigenvalue weighted by Gasteiger charge is -2.35. The van der Waals surface area contributed by atoms with Crippen LogP contribution in [0.5, 0.6) is 5.75 Å². The van der Waals surface area contributed by atoms with Gasteiger partial charge in [-0.1, -0.05) is 22.4 Å². The van der Waals surface area contributed by atoms with Gasteiger partial charge in [-0.15, -0.1) is 0 Å². The minimum absolute atomic E-state index is 0.232. The van der Waals surface area contributed by atoms with E-state index in [4.69, 9.17) is 13.6 Å². The highest BCUT2D eigenvalue weighted by molar-refractivity contribution is 9.10. The third kappa shape index (κ3) is 3.36. The van der Waals surface area contributed by atoms with E-state index in [1.165, 1.54) is 6.26 Å². The van der Waals surface area contributed by atoms with Crippen molar-refractivity contribution in [1.82, 2.24) is 0 Å². The molecule has 0 bridgehead atoms. The molecule has 2 aliphatic rings. The van der Waals surface area contributed by atoms with Gasteiger partial charge in [0.15, 0.2) is 5.76 Å². The largest absolute Gasteiger partial charge is 0.465 e. The molecule has 8 heteroatoms. The van der Waals surface area contributed by atoms with Crippen molar-refractivity contribution in [2.45, 2.75) is 37.5 Å². The Morgan fingerprint density at radius 3 is 2.89 bits per heavy atom. The number of aliphatic imine (C=N–C) groups is 1. The fourth-order valence-electron chi connectivity index (χ4n) is 4.06. The Kier molecular flexibility index (Phi) is 4.50. The highest BCUT2D eigenvalue weighted by atomic mass is 79.9. The van der Waals surface area contributed by atoms with Gasteiger partial charge < -0.3 is 8.60 Å². The normalized spacial score (nSPS) is 21.3. The standard InChI is InChI=1S/C19H18BrNO5S/c1-27(23,24)26-18-15(22)7-9-25-16(18)11-19-8-3-2-4-17(19)21-14-6-5-12(20)10-13(14)19/h5-7,9-10H,2-4,8,11H2,1H3. The molecule has 2 heterocycles. The molecule has 2 aromatic rings. The lowest BCUT2D eigenvalue weighted by molar-refractivity contribution is 0.380. The molecule has 1 atom stereocenters. The van der Waals surface area contributed by atoms with Crippen molar-refractivity contribution in [2.75, 3.05) is 6.26 Å². The maximum Gasteiger partial charge on any atom is 0.306 e. The molecule has 1 unspecified atom stereocenters. The van der Waals surface area contributed by atoms with Gasteiger partial charge in [0.1, 0.15) is 0 Å². The predicted molar refractivity (Wildman–Crippen MR) is 106 cm³/mol. The van der Waals surface area contributed by atoms with Crippen LogP contribution in [0.15, 0.2) is 49.2 Å². The van der Waals surface area contributed by atoms with Crippen LogP contribution in [0.2, 0.25) is 0 Å². The molecule has 142 valence electrons. The van der Waals surface area contributed by atoms with Gasteiger partial charge in [0, 0.05) is 28.1 Å². The summed E-state index contributed by atoms with van der Waals surface area (Å²) in [4.78, 5) is 17.1. The molecule has 0 saturated heterocycles. The van der Waals surface area contributed by atoms with Crippen molar-refractivity contribution in [2.24, 2.45) is 4.99 Å². The molecule has 0 spiro atoms. The van der Waals surface area contributed by atoms with E-state index in [1.807, 2.05) is 12.1 Å². The van der Waals surface area contributed by atoms with Gasteiger partial charge in [-0.05, 0) is 43.0 Å². The second kappa shape index (κ2) is 6.60. The Balaban J connectivity index is 1.85.